The Kier molecular flexibility index (Phi) is 4.43. The predicted molar refractivity (Wildman–Crippen MR) is 98.1 cm³/mol. The van der Waals surface area contributed by atoms with E-state index in [9.17, 15) is 27.9 Å². The summed E-state index contributed by atoms with van der Waals surface area (Å²) in [6.45, 7) is 0. The van der Waals surface area contributed by atoms with Crippen LogP contribution in [0.15, 0.2) is 42.5 Å². The molecule has 1 aliphatic rings. The Morgan fingerprint density at radius 1 is 1.11 bits per heavy atom. The zero-order chi connectivity index (χ0) is 20.0. The Hall–Kier alpha value is -3.13. The van der Waals surface area contributed by atoms with Crippen molar-refractivity contribution in [3.8, 4) is 11.1 Å². The van der Waals surface area contributed by atoms with Gasteiger partial charge in [0, 0.05) is 28.8 Å². The highest BCUT2D eigenvalue weighted by Gasteiger charge is 2.35. The molecular formula is C20H12F3NO3S. The first-order valence-electron chi connectivity index (χ1n) is 8.26. The second kappa shape index (κ2) is 6.79. The normalized spacial score (nSPS) is 15.8. The van der Waals surface area contributed by atoms with E-state index < -0.39 is 35.2 Å². The summed E-state index contributed by atoms with van der Waals surface area (Å²) in [5, 5.41) is 12.3. The number of hydrogen-bond acceptors (Lipinski definition) is 3. The molecule has 28 heavy (non-hydrogen) atoms. The standard InChI is InChI=1S/C20H12F3NO3S/c21-10-3-1-2-9(6-10)16-17-18(28-19(16)20(26)27)13(8-15(25)24-17)12-5-4-11(22)7-14(12)23/h1-7,13H,8H2,(H,24,25)(H,26,27)/t13-/m1/s1. The first-order chi connectivity index (χ1) is 13.3. The van der Waals surface area contributed by atoms with Gasteiger partial charge in [0.25, 0.3) is 0 Å². The van der Waals surface area contributed by atoms with E-state index in [0.29, 0.717) is 4.88 Å². The number of fused-ring (bicyclic) bond motifs is 1. The molecule has 2 heterocycles. The maximum Gasteiger partial charge on any atom is 0.346 e. The van der Waals surface area contributed by atoms with Crippen molar-refractivity contribution in [3.05, 3.63) is 75.2 Å². The van der Waals surface area contributed by atoms with E-state index >= 15 is 0 Å². The van der Waals surface area contributed by atoms with Crippen molar-refractivity contribution in [2.75, 3.05) is 5.32 Å². The third-order valence-electron chi connectivity index (χ3n) is 4.55. The number of nitrogens with one attached hydrogen (secondary N) is 1. The van der Waals surface area contributed by atoms with Crippen molar-refractivity contribution in [3.63, 3.8) is 0 Å². The van der Waals surface area contributed by atoms with E-state index in [-0.39, 0.29) is 33.7 Å². The predicted octanol–water partition coefficient (Wildman–Crippen LogP) is 5.00. The molecule has 0 saturated carbocycles. The minimum Gasteiger partial charge on any atom is -0.477 e. The van der Waals surface area contributed by atoms with Gasteiger partial charge in [-0.3, -0.25) is 4.79 Å². The van der Waals surface area contributed by atoms with Crippen LogP contribution in [0.25, 0.3) is 11.1 Å². The number of anilines is 1. The van der Waals surface area contributed by atoms with Gasteiger partial charge < -0.3 is 10.4 Å². The number of aromatic carboxylic acids is 1. The van der Waals surface area contributed by atoms with Crippen LogP contribution in [0.1, 0.15) is 32.5 Å². The van der Waals surface area contributed by atoms with Gasteiger partial charge in [-0.05, 0) is 29.3 Å². The molecule has 3 aromatic rings. The Balaban J connectivity index is 1.96. The largest absolute Gasteiger partial charge is 0.477 e. The zero-order valence-electron chi connectivity index (χ0n) is 14.1. The van der Waals surface area contributed by atoms with Crippen molar-refractivity contribution in [1.29, 1.82) is 0 Å². The number of carbonyl (C=O) groups excluding carboxylic acids is 1. The molecule has 8 heteroatoms. The number of thiophene rings is 1. The molecule has 142 valence electrons. The quantitative estimate of drug-likeness (QED) is 0.647. The Labute approximate surface area is 161 Å². The summed E-state index contributed by atoms with van der Waals surface area (Å²) in [5.74, 6) is -4.57. The molecule has 0 unspecified atom stereocenters. The lowest BCUT2D eigenvalue weighted by Crippen LogP contribution is -2.23. The van der Waals surface area contributed by atoms with E-state index in [4.69, 9.17) is 0 Å². The summed E-state index contributed by atoms with van der Waals surface area (Å²) in [6, 6.07) is 8.42. The number of carboxylic acids is 1. The summed E-state index contributed by atoms with van der Waals surface area (Å²) >= 11 is 0.891. The fourth-order valence-corrected chi connectivity index (χ4v) is 4.63. The highest BCUT2D eigenvalue weighted by atomic mass is 32.1. The van der Waals surface area contributed by atoms with E-state index in [1.165, 1.54) is 30.3 Å². The summed E-state index contributed by atoms with van der Waals surface area (Å²) in [7, 11) is 0. The van der Waals surface area contributed by atoms with Crippen molar-refractivity contribution < 1.29 is 27.9 Å². The minimum atomic E-state index is -1.24. The van der Waals surface area contributed by atoms with Crippen LogP contribution >= 0.6 is 11.3 Å². The molecule has 4 nitrogen and oxygen atoms in total. The van der Waals surface area contributed by atoms with E-state index in [0.717, 1.165) is 23.5 Å². The molecule has 4 rings (SSSR count). The third kappa shape index (κ3) is 3.05. The first kappa shape index (κ1) is 18.2. The topological polar surface area (TPSA) is 66.4 Å². The fourth-order valence-electron chi connectivity index (χ4n) is 3.39. The van der Waals surface area contributed by atoms with Gasteiger partial charge in [-0.15, -0.1) is 11.3 Å². The summed E-state index contributed by atoms with van der Waals surface area (Å²) < 4.78 is 41.4. The van der Waals surface area contributed by atoms with Gasteiger partial charge in [0.15, 0.2) is 0 Å². The molecule has 0 aliphatic carbocycles. The van der Waals surface area contributed by atoms with Crippen LogP contribution in [0, 0.1) is 17.5 Å². The summed E-state index contributed by atoms with van der Waals surface area (Å²) in [6.07, 6.45) is -0.113. The van der Waals surface area contributed by atoms with Gasteiger partial charge in [0.1, 0.15) is 22.3 Å². The van der Waals surface area contributed by atoms with Gasteiger partial charge in [0.2, 0.25) is 5.91 Å². The molecule has 0 radical (unpaired) electrons. The number of carboxylic acid groups (broad SMARTS) is 1. The molecule has 0 spiro atoms. The van der Waals surface area contributed by atoms with Crippen LogP contribution in [0.5, 0.6) is 0 Å². The smallest absolute Gasteiger partial charge is 0.346 e. The van der Waals surface area contributed by atoms with Gasteiger partial charge in [-0.2, -0.15) is 0 Å². The van der Waals surface area contributed by atoms with Gasteiger partial charge in [-0.1, -0.05) is 18.2 Å². The van der Waals surface area contributed by atoms with Crippen LogP contribution in [-0.4, -0.2) is 17.0 Å². The van der Waals surface area contributed by atoms with Crippen molar-refractivity contribution >= 4 is 28.9 Å². The Bertz CT molecular complexity index is 1130. The minimum absolute atomic E-state index is 0.0923. The van der Waals surface area contributed by atoms with Crippen LogP contribution < -0.4 is 5.32 Å². The lowest BCUT2D eigenvalue weighted by atomic mass is 9.88. The van der Waals surface area contributed by atoms with Crippen LogP contribution in [0.2, 0.25) is 0 Å². The van der Waals surface area contributed by atoms with Crippen LogP contribution in [0.4, 0.5) is 18.9 Å². The van der Waals surface area contributed by atoms with Gasteiger partial charge >= 0.3 is 5.97 Å². The molecule has 0 fully saturated rings. The van der Waals surface area contributed by atoms with E-state index in [1.54, 1.807) is 0 Å². The number of hydrogen-bond donors (Lipinski definition) is 2. The SMILES string of the molecule is O=C1C[C@H](c2ccc(F)cc2F)c2sc(C(=O)O)c(-c3cccc(F)c3)c2N1. The molecule has 1 amide bonds. The molecule has 1 aromatic heterocycles. The number of halogens is 3. The van der Waals surface area contributed by atoms with Gasteiger partial charge in [0.05, 0.1) is 5.69 Å². The number of rotatable bonds is 3. The maximum absolute atomic E-state index is 14.4. The number of benzene rings is 2. The van der Waals surface area contributed by atoms with E-state index in [1.807, 2.05) is 0 Å². The van der Waals surface area contributed by atoms with E-state index in [2.05, 4.69) is 5.32 Å². The highest BCUT2D eigenvalue weighted by Crippen LogP contribution is 2.49. The average Bonchev–Trinajstić information content (AvgIpc) is 3.01. The number of carbonyl (C=O) groups is 2. The zero-order valence-corrected chi connectivity index (χ0v) is 14.9. The molecule has 2 aromatic carbocycles. The first-order valence-corrected chi connectivity index (χ1v) is 9.07. The Morgan fingerprint density at radius 3 is 2.54 bits per heavy atom. The summed E-state index contributed by atoms with van der Waals surface area (Å²) in [5.41, 5.74) is 0.780. The molecule has 1 atom stereocenters. The molecule has 1 aliphatic heterocycles. The monoisotopic (exact) mass is 403 g/mol. The molecule has 0 bridgehead atoms. The molecular weight excluding hydrogens is 391 g/mol. The molecule has 0 saturated heterocycles. The van der Waals surface area contributed by atoms with Crippen LogP contribution in [-0.2, 0) is 4.79 Å². The number of amides is 1. The van der Waals surface area contributed by atoms with Gasteiger partial charge in [-0.25, -0.2) is 18.0 Å². The second-order valence-electron chi connectivity index (χ2n) is 6.33. The maximum atomic E-state index is 14.4. The summed E-state index contributed by atoms with van der Waals surface area (Å²) in [4.78, 5) is 24.4. The van der Waals surface area contributed by atoms with Crippen molar-refractivity contribution in [1.82, 2.24) is 0 Å². The molecule has 2 N–H and O–H groups in total. The third-order valence-corrected chi connectivity index (χ3v) is 5.84. The fraction of sp³-hybridized carbons (Fsp3) is 0.100. The Morgan fingerprint density at radius 2 is 1.86 bits per heavy atom. The average molecular weight is 403 g/mol. The highest BCUT2D eigenvalue weighted by molar-refractivity contribution is 7.15. The lowest BCUT2D eigenvalue weighted by Gasteiger charge is -2.24. The van der Waals surface area contributed by atoms with Crippen molar-refractivity contribution in [2.24, 2.45) is 0 Å². The lowest BCUT2D eigenvalue weighted by molar-refractivity contribution is -0.116. The second-order valence-corrected chi connectivity index (χ2v) is 7.38. The van der Waals surface area contributed by atoms with Crippen molar-refractivity contribution in [2.45, 2.75) is 12.3 Å². The van der Waals surface area contributed by atoms with Crippen LogP contribution in [0.3, 0.4) is 0 Å².